The maximum atomic E-state index is 12.9. The zero-order chi connectivity index (χ0) is 15.9. The van der Waals surface area contributed by atoms with E-state index in [0.29, 0.717) is 17.5 Å². The molecular formula is C18H15NO4. The Morgan fingerprint density at radius 2 is 1.48 bits per heavy atom. The Kier molecular flexibility index (Phi) is 2.33. The molecule has 5 aliphatic rings. The molecule has 1 heterocycles. The second kappa shape index (κ2) is 4.10. The van der Waals surface area contributed by atoms with E-state index in [-0.39, 0.29) is 41.0 Å². The molecule has 1 aromatic rings. The number of hydrogen-bond donors (Lipinski definition) is 1. The van der Waals surface area contributed by atoms with Crippen LogP contribution in [0.3, 0.4) is 0 Å². The van der Waals surface area contributed by atoms with Crippen LogP contribution in [0.2, 0.25) is 0 Å². The van der Waals surface area contributed by atoms with Crippen molar-refractivity contribution in [1.29, 1.82) is 0 Å². The van der Waals surface area contributed by atoms with Crippen LogP contribution in [0.5, 0.6) is 0 Å². The molecule has 5 nitrogen and oxygen atoms in total. The van der Waals surface area contributed by atoms with Gasteiger partial charge in [-0.05, 0) is 54.4 Å². The van der Waals surface area contributed by atoms with Crippen LogP contribution in [0, 0.1) is 35.5 Å². The van der Waals surface area contributed by atoms with E-state index < -0.39 is 5.97 Å². The SMILES string of the molecule is O=C(O)c1ccc(N2C(=O)[C@@H]3[C@H]4C=C[C@@H]([C@@H]5C[C@H]45)[C@@H]3C2=O)cc1. The summed E-state index contributed by atoms with van der Waals surface area (Å²) in [5, 5.41) is 8.97. The van der Waals surface area contributed by atoms with Gasteiger partial charge in [-0.3, -0.25) is 14.5 Å². The van der Waals surface area contributed by atoms with Gasteiger partial charge < -0.3 is 5.11 Å². The Balaban J connectivity index is 1.53. The third-order valence-electron chi connectivity index (χ3n) is 6.04. The van der Waals surface area contributed by atoms with Gasteiger partial charge in [0, 0.05) is 0 Å². The van der Waals surface area contributed by atoms with Gasteiger partial charge >= 0.3 is 5.97 Å². The van der Waals surface area contributed by atoms with Crippen molar-refractivity contribution in [2.24, 2.45) is 35.5 Å². The van der Waals surface area contributed by atoms with Crippen molar-refractivity contribution < 1.29 is 19.5 Å². The normalized spacial score (nSPS) is 39.4. The summed E-state index contributed by atoms with van der Waals surface area (Å²) in [4.78, 5) is 38.0. The van der Waals surface area contributed by atoms with Crippen LogP contribution in [-0.2, 0) is 9.59 Å². The Bertz CT molecular complexity index is 745. The van der Waals surface area contributed by atoms with Crippen molar-refractivity contribution in [2.45, 2.75) is 6.42 Å². The van der Waals surface area contributed by atoms with Crippen molar-refractivity contribution in [3.05, 3.63) is 42.0 Å². The highest BCUT2D eigenvalue weighted by molar-refractivity contribution is 6.22. The number of carbonyl (C=O) groups excluding carboxylic acids is 2. The van der Waals surface area contributed by atoms with E-state index in [1.54, 1.807) is 12.1 Å². The van der Waals surface area contributed by atoms with Gasteiger partial charge in [0.2, 0.25) is 11.8 Å². The lowest BCUT2D eigenvalue weighted by molar-refractivity contribution is -0.124. The van der Waals surface area contributed by atoms with E-state index in [0.717, 1.165) is 6.42 Å². The fourth-order valence-electron chi connectivity index (χ4n) is 4.96. The minimum absolute atomic E-state index is 0.118. The number of benzene rings is 1. The number of allylic oxidation sites excluding steroid dienone is 2. The van der Waals surface area contributed by atoms with Gasteiger partial charge in [0.15, 0.2) is 0 Å². The van der Waals surface area contributed by atoms with Crippen LogP contribution in [0.25, 0.3) is 0 Å². The summed E-state index contributed by atoms with van der Waals surface area (Å²) < 4.78 is 0. The molecule has 23 heavy (non-hydrogen) atoms. The van der Waals surface area contributed by atoms with E-state index >= 15 is 0 Å². The minimum atomic E-state index is -1.02. The van der Waals surface area contributed by atoms with Crippen LogP contribution in [0.1, 0.15) is 16.8 Å². The lowest BCUT2D eigenvalue weighted by Crippen LogP contribution is -2.40. The van der Waals surface area contributed by atoms with Gasteiger partial charge in [0.25, 0.3) is 0 Å². The number of carboxylic acids is 1. The maximum Gasteiger partial charge on any atom is 0.335 e. The van der Waals surface area contributed by atoms with E-state index in [9.17, 15) is 14.4 Å². The van der Waals surface area contributed by atoms with Crippen molar-refractivity contribution >= 4 is 23.5 Å². The van der Waals surface area contributed by atoms with E-state index in [1.165, 1.54) is 17.0 Å². The predicted octanol–water partition coefficient (Wildman–Crippen LogP) is 1.94. The maximum absolute atomic E-state index is 12.9. The molecule has 0 unspecified atom stereocenters. The largest absolute Gasteiger partial charge is 0.478 e. The summed E-state index contributed by atoms with van der Waals surface area (Å²) in [6, 6.07) is 5.97. The second-order valence-corrected chi connectivity index (χ2v) is 7.02. The first-order valence-corrected chi connectivity index (χ1v) is 7.97. The molecule has 6 rings (SSSR count). The average molecular weight is 309 g/mol. The summed E-state index contributed by atoms with van der Waals surface area (Å²) in [7, 11) is 0. The van der Waals surface area contributed by atoms with Crippen molar-refractivity contribution in [1.82, 2.24) is 0 Å². The third-order valence-corrected chi connectivity index (χ3v) is 6.04. The molecule has 2 saturated carbocycles. The van der Waals surface area contributed by atoms with Gasteiger partial charge in [-0.1, -0.05) is 12.2 Å². The molecule has 1 N–H and O–H groups in total. The van der Waals surface area contributed by atoms with Crippen LogP contribution in [0.4, 0.5) is 5.69 Å². The second-order valence-electron chi connectivity index (χ2n) is 7.02. The molecule has 6 atom stereocenters. The average Bonchev–Trinajstić information content (AvgIpc) is 3.32. The summed E-state index contributed by atoms with van der Waals surface area (Å²) >= 11 is 0. The van der Waals surface area contributed by atoms with Crippen LogP contribution < -0.4 is 4.90 Å². The minimum Gasteiger partial charge on any atom is -0.478 e. The fraction of sp³-hybridized carbons (Fsp3) is 0.389. The monoisotopic (exact) mass is 309 g/mol. The number of amides is 2. The number of anilines is 1. The molecule has 1 aromatic carbocycles. The van der Waals surface area contributed by atoms with E-state index in [4.69, 9.17) is 5.11 Å². The van der Waals surface area contributed by atoms with Crippen molar-refractivity contribution in [3.63, 3.8) is 0 Å². The summed E-state index contributed by atoms with van der Waals surface area (Å²) in [5.74, 6) is -0.132. The number of hydrogen-bond acceptors (Lipinski definition) is 3. The van der Waals surface area contributed by atoms with E-state index in [1.807, 2.05) is 0 Å². The molecular weight excluding hydrogens is 294 g/mol. The number of carboxylic acid groups (broad SMARTS) is 1. The lowest BCUT2D eigenvalue weighted by atomic mass is 9.63. The number of nitrogens with zero attached hydrogens (tertiary/aromatic N) is 1. The molecule has 5 heteroatoms. The summed E-state index contributed by atoms with van der Waals surface area (Å²) in [6.45, 7) is 0. The molecule has 1 saturated heterocycles. The number of carbonyl (C=O) groups is 3. The highest BCUT2D eigenvalue weighted by Gasteiger charge is 2.67. The van der Waals surface area contributed by atoms with Crippen LogP contribution in [0.15, 0.2) is 36.4 Å². The lowest BCUT2D eigenvalue weighted by Gasteiger charge is -2.37. The summed E-state index contributed by atoms with van der Waals surface area (Å²) in [5.41, 5.74) is 0.626. The predicted molar refractivity (Wildman–Crippen MR) is 80.6 cm³/mol. The highest BCUT2D eigenvalue weighted by atomic mass is 16.4. The van der Waals surface area contributed by atoms with Gasteiger partial charge in [-0.25, -0.2) is 4.79 Å². The first-order valence-electron chi connectivity index (χ1n) is 7.97. The topological polar surface area (TPSA) is 74.7 Å². The molecule has 4 aliphatic carbocycles. The fourth-order valence-corrected chi connectivity index (χ4v) is 4.96. The van der Waals surface area contributed by atoms with Gasteiger partial charge in [-0.2, -0.15) is 0 Å². The molecule has 2 bridgehead atoms. The zero-order valence-electron chi connectivity index (χ0n) is 12.3. The first kappa shape index (κ1) is 13.0. The Morgan fingerprint density at radius 3 is 1.96 bits per heavy atom. The zero-order valence-corrected chi connectivity index (χ0v) is 12.3. The Hall–Kier alpha value is -2.43. The summed E-state index contributed by atoms with van der Waals surface area (Å²) in [6.07, 6.45) is 5.42. The van der Waals surface area contributed by atoms with Crippen molar-refractivity contribution in [2.75, 3.05) is 4.90 Å². The number of imide groups is 1. The highest BCUT2D eigenvalue weighted by Crippen LogP contribution is 2.65. The van der Waals surface area contributed by atoms with E-state index in [2.05, 4.69) is 12.2 Å². The van der Waals surface area contributed by atoms with Crippen LogP contribution >= 0.6 is 0 Å². The molecule has 116 valence electrons. The van der Waals surface area contributed by atoms with Gasteiger partial charge in [-0.15, -0.1) is 0 Å². The molecule has 3 fully saturated rings. The first-order chi connectivity index (χ1) is 11.1. The Morgan fingerprint density at radius 1 is 0.957 bits per heavy atom. The quantitative estimate of drug-likeness (QED) is 0.669. The third kappa shape index (κ3) is 1.54. The molecule has 0 radical (unpaired) electrons. The molecule has 2 amide bonds. The molecule has 0 spiro atoms. The van der Waals surface area contributed by atoms with Crippen LogP contribution in [-0.4, -0.2) is 22.9 Å². The Labute approximate surface area is 132 Å². The standard InChI is InChI=1S/C18H15NO4/c20-16-14-10-5-6-11(13-7-12(10)13)15(14)17(21)19(16)9-3-1-8(2-4-9)18(22)23/h1-6,10-15H,7H2,(H,22,23)/t10-,11-,12-,13+,14-,15+/m0/s1. The number of rotatable bonds is 2. The van der Waals surface area contributed by atoms with Crippen molar-refractivity contribution in [3.8, 4) is 0 Å². The van der Waals surface area contributed by atoms with Gasteiger partial charge in [0.1, 0.15) is 0 Å². The molecule has 1 aliphatic heterocycles. The number of aromatic carboxylic acids is 1. The van der Waals surface area contributed by atoms with Gasteiger partial charge in [0.05, 0.1) is 23.1 Å². The molecule has 0 aromatic heterocycles. The smallest absolute Gasteiger partial charge is 0.335 e.